The molecule has 17 unspecified atom stereocenters. The maximum Gasteiger partial charge on any atom is 0.310 e. The third-order valence-corrected chi connectivity index (χ3v) is 10.6. The number of aliphatic hydroxyl groups excluding tert-OH is 4. The zero-order valence-corrected chi connectivity index (χ0v) is 32.9. The second kappa shape index (κ2) is 20.7. The first-order valence-electron chi connectivity index (χ1n) is 18.8. The maximum absolute atomic E-state index is 13.3. The Morgan fingerprint density at radius 3 is 2.19 bits per heavy atom. The van der Waals surface area contributed by atoms with Crippen LogP contribution in [0.25, 0.3) is 0 Å². The average molecular weight is 774 g/mol. The van der Waals surface area contributed by atoms with E-state index in [-0.39, 0.29) is 25.7 Å². The molecule has 3 heterocycles. The van der Waals surface area contributed by atoms with Gasteiger partial charge in [-0.25, -0.2) is 0 Å². The van der Waals surface area contributed by atoms with Crippen molar-refractivity contribution in [2.45, 2.75) is 165 Å². The monoisotopic (exact) mass is 773 g/mol. The number of allylic oxidation sites excluding steroid dienone is 2. The van der Waals surface area contributed by atoms with Gasteiger partial charge in [-0.3, -0.25) is 9.59 Å². The normalized spacial score (nSPS) is 43.1. The molecule has 3 rings (SSSR count). The van der Waals surface area contributed by atoms with Crippen molar-refractivity contribution in [3.05, 3.63) is 24.3 Å². The molecule has 2 saturated heterocycles. The quantitative estimate of drug-likeness (QED) is 0.153. The highest BCUT2D eigenvalue weighted by Crippen LogP contribution is 2.37. The molecule has 17 atom stereocenters. The second-order valence-corrected chi connectivity index (χ2v) is 15.2. The van der Waals surface area contributed by atoms with Crippen LogP contribution in [0.5, 0.6) is 0 Å². The van der Waals surface area contributed by atoms with Gasteiger partial charge in [-0.15, -0.1) is 0 Å². The fourth-order valence-corrected chi connectivity index (χ4v) is 7.37. The number of likely N-dealkylation sites (N-methyl/N-ethyl adjacent to an activating group) is 1. The van der Waals surface area contributed by atoms with E-state index in [1.807, 2.05) is 0 Å². The first-order chi connectivity index (χ1) is 25.3. The van der Waals surface area contributed by atoms with Crippen LogP contribution < -0.4 is 0 Å². The molecule has 0 aliphatic carbocycles. The van der Waals surface area contributed by atoms with Crippen molar-refractivity contribution in [1.82, 2.24) is 4.90 Å². The van der Waals surface area contributed by atoms with E-state index in [0.717, 1.165) is 0 Å². The Labute approximate surface area is 318 Å². The lowest BCUT2D eigenvalue weighted by Gasteiger charge is -2.50. The minimum atomic E-state index is -1.49. The number of carbonyl (C=O) groups is 3. The summed E-state index contributed by atoms with van der Waals surface area (Å²) in [6.45, 7) is 9.69. The lowest BCUT2D eigenvalue weighted by atomic mass is 9.82. The van der Waals surface area contributed by atoms with E-state index in [1.54, 1.807) is 52.8 Å². The predicted molar refractivity (Wildman–Crippen MR) is 193 cm³/mol. The molecule has 0 radical (unpaired) electrons. The first-order valence-corrected chi connectivity index (χ1v) is 18.8. The number of hydrogen-bond acceptors (Lipinski definition) is 16. The van der Waals surface area contributed by atoms with Crippen molar-refractivity contribution in [3.63, 3.8) is 0 Å². The second-order valence-electron chi connectivity index (χ2n) is 15.2. The fourth-order valence-electron chi connectivity index (χ4n) is 7.37. The largest absolute Gasteiger partial charge is 0.459 e. The van der Waals surface area contributed by atoms with Gasteiger partial charge < -0.3 is 68.4 Å². The molecule has 0 spiro atoms. The van der Waals surface area contributed by atoms with Gasteiger partial charge in [0.15, 0.2) is 12.6 Å². The Bertz CT molecular complexity index is 1260. The number of hydrogen-bond donors (Lipinski definition) is 5. The molecule has 16 nitrogen and oxygen atoms in total. The van der Waals surface area contributed by atoms with Crippen LogP contribution in [0.15, 0.2) is 24.3 Å². The van der Waals surface area contributed by atoms with Crippen molar-refractivity contribution in [3.8, 4) is 0 Å². The van der Waals surface area contributed by atoms with Crippen molar-refractivity contribution >= 4 is 18.2 Å². The fraction of sp³-hybridized carbons (Fsp3) is 0.816. The van der Waals surface area contributed by atoms with Crippen LogP contribution in [0, 0.1) is 11.8 Å². The topological polar surface area (TPSA) is 220 Å². The van der Waals surface area contributed by atoms with Crippen molar-refractivity contribution in [2.24, 2.45) is 11.8 Å². The van der Waals surface area contributed by atoms with Crippen LogP contribution in [0.4, 0.5) is 0 Å². The Balaban J connectivity index is 2.06. The summed E-state index contributed by atoms with van der Waals surface area (Å²) in [5, 5.41) is 54.8. The molecule has 16 heteroatoms. The Kier molecular flexibility index (Phi) is 17.7. The van der Waals surface area contributed by atoms with Crippen molar-refractivity contribution < 1.29 is 73.1 Å². The molecule has 3 aliphatic heterocycles. The van der Waals surface area contributed by atoms with E-state index in [2.05, 4.69) is 0 Å². The van der Waals surface area contributed by atoms with Gasteiger partial charge in [0.2, 0.25) is 0 Å². The number of methoxy groups -OCH3 is 1. The number of cyclic esters (lactones) is 1. The van der Waals surface area contributed by atoms with Gasteiger partial charge in [-0.1, -0.05) is 38.2 Å². The summed E-state index contributed by atoms with van der Waals surface area (Å²) in [6.07, 6.45) is -7.84. The van der Waals surface area contributed by atoms with E-state index in [9.17, 15) is 39.9 Å². The molecular weight excluding hydrogens is 710 g/mol. The van der Waals surface area contributed by atoms with Gasteiger partial charge in [0.1, 0.15) is 49.0 Å². The number of rotatable bonds is 10. The van der Waals surface area contributed by atoms with Gasteiger partial charge in [-0.2, -0.15) is 0 Å². The van der Waals surface area contributed by atoms with Gasteiger partial charge in [0.25, 0.3) is 0 Å². The highest BCUT2D eigenvalue weighted by molar-refractivity contribution is 5.72. The maximum atomic E-state index is 13.3. The number of esters is 2. The van der Waals surface area contributed by atoms with E-state index >= 15 is 0 Å². The summed E-state index contributed by atoms with van der Waals surface area (Å²) in [4.78, 5) is 40.0. The lowest BCUT2D eigenvalue weighted by molar-refractivity contribution is -0.344. The minimum absolute atomic E-state index is 0.0352. The third-order valence-electron chi connectivity index (χ3n) is 10.6. The molecule has 0 bridgehead atoms. The summed E-state index contributed by atoms with van der Waals surface area (Å²) in [6, 6.07) is -0.776. The smallest absolute Gasteiger partial charge is 0.310 e. The molecule has 3 aliphatic rings. The highest BCUT2D eigenvalue weighted by atomic mass is 16.7. The van der Waals surface area contributed by atoms with Crippen molar-refractivity contribution in [2.75, 3.05) is 21.2 Å². The summed E-state index contributed by atoms with van der Waals surface area (Å²) in [5.74, 6) is -2.64. The van der Waals surface area contributed by atoms with Crippen molar-refractivity contribution in [1.29, 1.82) is 0 Å². The molecular formula is C38H63NO15. The predicted octanol–water partition coefficient (Wildman–Crippen LogP) is 0.777. The van der Waals surface area contributed by atoms with Crippen LogP contribution in [-0.2, 0) is 47.5 Å². The summed E-state index contributed by atoms with van der Waals surface area (Å²) < 4.78 is 42.3. The molecule has 0 aromatic rings. The SMILES string of the molecule is CCC(=O)OC1CC(=O)OC(C)C(O)C=CC=CC(O)C(C)CC(CC=O)C(OC2OC(C)C(OC3CC(C)(O)C(O)C(C)O3)C(N(C)C)C2O)C1OC. The highest BCUT2D eigenvalue weighted by Gasteiger charge is 2.52. The molecule has 0 amide bonds. The zero-order valence-electron chi connectivity index (χ0n) is 32.9. The first kappa shape index (κ1) is 46.0. The molecule has 2 fully saturated rings. The van der Waals surface area contributed by atoms with Crippen LogP contribution in [0.2, 0.25) is 0 Å². The zero-order chi connectivity index (χ0) is 40.5. The molecule has 0 aromatic carbocycles. The molecule has 310 valence electrons. The average Bonchev–Trinajstić information content (AvgIpc) is 3.09. The Morgan fingerprint density at radius 1 is 0.963 bits per heavy atom. The van der Waals surface area contributed by atoms with Crippen LogP contribution in [-0.4, -0.2) is 161 Å². The molecule has 54 heavy (non-hydrogen) atoms. The van der Waals surface area contributed by atoms with Gasteiger partial charge >= 0.3 is 11.9 Å². The Hall–Kier alpha value is -2.35. The van der Waals surface area contributed by atoms with Crippen LogP contribution in [0.3, 0.4) is 0 Å². The summed E-state index contributed by atoms with van der Waals surface area (Å²) >= 11 is 0. The third kappa shape index (κ3) is 12.1. The van der Waals surface area contributed by atoms with Gasteiger partial charge in [0.05, 0.1) is 42.5 Å². The number of aliphatic hydroxyl groups is 5. The van der Waals surface area contributed by atoms with Crippen LogP contribution >= 0.6 is 0 Å². The standard InChI is InChI=1S/C38H63NO15/c1-10-28(43)52-27-18-29(44)49-21(3)26(42)14-12-11-13-25(41)20(2)17-24(15-16-40)34(35(27)48-9)54-37-32(45)31(39(7)8)33(22(4)51-37)53-30-19-38(6,47)36(46)23(5)50-30/h11-14,16,20-27,30-37,41-42,45-47H,10,15,17-19H2,1-9H3. The summed E-state index contributed by atoms with van der Waals surface area (Å²) in [5.41, 5.74) is -1.49. The molecule has 5 N–H and O–H groups in total. The lowest BCUT2D eigenvalue weighted by Crippen LogP contribution is -2.65. The number of nitrogens with zero attached hydrogens (tertiary/aromatic N) is 1. The minimum Gasteiger partial charge on any atom is -0.459 e. The van der Waals surface area contributed by atoms with E-state index < -0.39 is 122 Å². The number of ether oxygens (including phenoxy) is 7. The van der Waals surface area contributed by atoms with Crippen LogP contribution in [0.1, 0.15) is 73.6 Å². The Morgan fingerprint density at radius 2 is 1.61 bits per heavy atom. The van der Waals surface area contributed by atoms with E-state index in [1.165, 1.54) is 39.2 Å². The molecule has 0 saturated carbocycles. The van der Waals surface area contributed by atoms with E-state index in [0.29, 0.717) is 6.29 Å². The van der Waals surface area contributed by atoms with Gasteiger partial charge in [0, 0.05) is 26.4 Å². The summed E-state index contributed by atoms with van der Waals surface area (Å²) in [7, 11) is 4.80. The van der Waals surface area contributed by atoms with E-state index in [4.69, 9.17) is 33.2 Å². The number of carbonyl (C=O) groups excluding carboxylic acids is 3. The molecule has 0 aromatic heterocycles. The van der Waals surface area contributed by atoms with Gasteiger partial charge in [-0.05, 0) is 60.0 Å². The number of aldehydes is 1.